The number of primary amides is 2. The SMILES string of the molecule is C=C(C)C(=O)OCCC(C)(CCCCCOC(N)=O)OC(N)=O. The van der Waals surface area contributed by atoms with Gasteiger partial charge in [-0.05, 0) is 39.5 Å². The summed E-state index contributed by atoms with van der Waals surface area (Å²) in [7, 11) is 0. The second-order valence-electron chi connectivity index (χ2n) is 5.52. The van der Waals surface area contributed by atoms with E-state index in [1.165, 1.54) is 0 Å². The maximum atomic E-state index is 11.3. The minimum atomic E-state index is -0.879. The minimum absolute atomic E-state index is 0.0975. The van der Waals surface area contributed by atoms with Gasteiger partial charge in [0.1, 0.15) is 5.60 Å². The summed E-state index contributed by atoms with van der Waals surface area (Å²) in [5, 5.41) is 0. The molecule has 0 aliphatic heterocycles. The second kappa shape index (κ2) is 10.5. The highest BCUT2D eigenvalue weighted by Crippen LogP contribution is 2.24. The van der Waals surface area contributed by atoms with Gasteiger partial charge in [-0.1, -0.05) is 6.58 Å². The number of carbonyl (C=O) groups excluding carboxylic acids is 3. The molecule has 0 radical (unpaired) electrons. The van der Waals surface area contributed by atoms with E-state index in [0.717, 1.165) is 12.8 Å². The Morgan fingerprint density at radius 1 is 0.957 bits per heavy atom. The lowest BCUT2D eigenvalue weighted by molar-refractivity contribution is -0.140. The van der Waals surface area contributed by atoms with Crippen LogP contribution in [0.25, 0.3) is 0 Å². The average molecular weight is 330 g/mol. The average Bonchev–Trinajstić information content (AvgIpc) is 2.41. The molecule has 132 valence electrons. The van der Waals surface area contributed by atoms with Gasteiger partial charge in [-0.2, -0.15) is 0 Å². The molecule has 0 aromatic heterocycles. The Morgan fingerprint density at radius 2 is 1.61 bits per heavy atom. The summed E-state index contributed by atoms with van der Waals surface area (Å²) in [6.07, 6.45) is 1.32. The van der Waals surface area contributed by atoms with Crippen molar-refractivity contribution in [3.8, 4) is 0 Å². The fraction of sp³-hybridized carbons (Fsp3) is 0.667. The van der Waals surface area contributed by atoms with Crippen molar-refractivity contribution >= 4 is 18.2 Å². The Kier molecular flexibility index (Phi) is 9.45. The zero-order chi connectivity index (χ0) is 17.9. The van der Waals surface area contributed by atoms with Crippen LogP contribution in [-0.2, 0) is 19.0 Å². The van der Waals surface area contributed by atoms with E-state index in [0.29, 0.717) is 24.8 Å². The molecule has 4 N–H and O–H groups in total. The van der Waals surface area contributed by atoms with E-state index in [1.807, 2.05) is 0 Å². The van der Waals surface area contributed by atoms with Gasteiger partial charge in [0.2, 0.25) is 0 Å². The van der Waals surface area contributed by atoms with Crippen LogP contribution in [0.4, 0.5) is 9.59 Å². The van der Waals surface area contributed by atoms with Crippen molar-refractivity contribution in [3.63, 3.8) is 0 Å². The van der Waals surface area contributed by atoms with Crippen LogP contribution in [0, 0.1) is 0 Å². The first kappa shape index (κ1) is 20.8. The monoisotopic (exact) mass is 330 g/mol. The van der Waals surface area contributed by atoms with Gasteiger partial charge in [-0.25, -0.2) is 14.4 Å². The molecule has 0 rings (SSSR count). The van der Waals surface area contributed by atoms with Crippen molar-refractivity contribution in [1.29, 1.82) is 0 Å². The number of ether oxygens (including phenoxy) is 3. The minimum Gasteiger partial charge on any atom is -0.462 e. The van der Waals surface area contributed by atoms with Crippen LogP contribution in [-0.4, -0.2) is 37.0 Å². The van der Waals surface area contributed by atoms with Crippen LogP contribution < -0.4 is 11.5 Å². The maximum absolute atomic E-state index is 11.3. The van der Waals surface area contributed by atoms with Crippen molar-refractivity contribution in [2.75, 3.05) is 13.2 Å². The highest BCUT2D eigenvalue weighted by atomic mass is 16.6. The highest BCUT2D eigenvalue weighted by molar-refractivity contribution is 5.86. The van der Waals surface area contributed by atoms with Gasteiger partial charge in [0.25, 0.3) is 0 Å². The van der Waals surface area contributed by atoms with Crippen LogP contribution in [0.3, 0.4) is 0 Å². The van der Waals surface area contributed by atoms with Gasteiger partial charge < -0.3 is 25.7 Å². The van der Waals surface area contributed by atoms with Crippen LogP contribution >= 0.6 is 0 Å². The third-order valence-corrected chi connectivity index (χ3v) is 3.15. The van der Waals surface area contributed by atoms with Crippen molar-refractivity contribution in [2.45, 2.75) is 51.6 Å². The molecule has 0 aliphatic rings. The van der Waals surface area contributed by atoms with Crippen LogP contribution in [0.15, 0.2) is 12.2 Å². The summed E-state index contributed by atoms with van der Waals surface area (Å²) in [6, 6.07) is 0. The van der Waals surface area contributed by atoms with Crippen LogP contribution in [0.5, 0.6) is 0 Å². The summed E-state index contributed by atoms with van der Waals surface area (Å²) in [6.45, 7) is 7.11. The molecule has 0 saturated carbocycles. The van der Waals surface area contributed by atoms with E-state index in [2.05, 4.69) is 11.3 Å². The third-order valence-electron chi connectivity index (χ3n) is 3.15. The molecule has 1 unspecified atom stereocenters. The number of esters is 1. The number of hydrogen-bond acceptors (Lipinski definition) is 6. The zero-order valence-corrected chi connectivity index (χ0v) is 13.8. The molecule has 0 fully saturated rings. The van der Waals surface area contributed by atoms with E-state index in [1.54, 1.807) is 13.8 Å². The number of rotatable bonds is 11. The molecule has 0 aliphatic carbocycles. The largest absolute Gasteiger partial charge is 0.462 e. The molecular weight excluding hydrogens is 304 g/mol. The fourth-order valence-electron chi connectivity index (χ4n) is 1.90. The maximum Gasteiger partial charge on any atom is 0.405 e. The van der Waals surface area contributed by atoms with E-state index in [4.69, 9.17) is 20.9 Å². The van der Waals surface area contributed by atoms with Gasteiger partial charge >= 0.3 is 18.2 Å². The van der Waals surface area contributed by atoms with Crippen LogP contribution in [0.1, 0.15) is 46.0 Å². The molecule has 0 aromatic rings. The topological polar surface area (TPSA) is 131 Å². The Hall–Kier alpha value is -2.25. The first-order valence-corrected chi connectivity index (χ1v) is 7.39. The predicted octanol–water partition coefficient (Wildman–Crippen LogP) is 2.01. The normalized spacial score (nSPS) is 12.8. The zero-order valence-electron chi connectivity index (χ0n) is 13.8. The number of amides is 2. The molecule has 1 atom stereocenters. The fourth-order valence-corrected chi connectivity index (χ4v) is 1.90. The van der Waals surface area contributed by atoms with E-state index < -0.39 is 23.8 Å². The summed E-state index contributed by atoms with van der Waals surface area (Å²) < 4.78 is 14.8. The van der Waals surface area contributed by atoms with E-state index >= 15 is 0 Å². The number of nitrogens with two attached hydrogens (primary N) is 2. The molecule has 23 heavy (non-hydrogen) atoms. The smallest absolute Gasteiger partial charge is 0.405 e. The third kappa shape index (κ3) is 11.0. The molecule has 0 spiro atoms. The lowest BCUT2D eigenvalue weighted by atomic mass is 9.94. The number of hydrogen-bond donors (Lipinski definition) is 2. The quantitative estimate of drug-likeness (QED) is 0.258. The standard InChI is InChI=1S/C15H26N2O6/c1-11(2)12(18)21-10-8-15(3,23-14(17)20)7-5-4-6-9-22-13(16)19/h1,4-10H2,2-3H3,(H2,16,19)(H2,17,20). The molecule has 0 saturated heterocycles. The summed E-state index contributed by atoms with van der Waals surface area (Å²) in [5.41, 5.74) is 9.42. The first-order chi connectivity index (χ1) is 10.7. The highest BCUT2D eigenvalue weighted by Gasteiger charge is 2.28. The van der Waals surface area contributed by atoms with Gasteiger partial charge in [0.15, 0.2) is 0 Å². The van der Waals surface area contributed by atoms with E-state index in [-0.39, 0.29) is 13.2 Å². The molecule has 0 bridgehead atoms. The Balaban J connectivity index is 4.21. The van der Waals surface area contributed by atoms with Gasteiger partial charge in [0.05, 0.1) is 13.2 Å². The summed E-state index contributed by atoms with van der Waals surface area (Å²) in [4.78, 5) is 32.8. The Morgan fingerprint density at radius 3 is 2.13 bits per heavy atom. The molecule has 8 heteroatoms. The molecule has 0 heterocycles. The molecule has 0 aromatic carbocycles. The Labute approximate surface area is 136 Å². The summed E-state index contributed by atoms with van der Waals surface area (Å²) in [5.74, 6) is -0.491. The lowest BCUT2D eigenvalue weighted by Gasteiger charge is -2.28. The lowest BCUT2D eigenvalue weighted by Crippen LogP contribution is -2.35. The van der Waals surface area contributed by atoms with Crippen molar-refractivity contribution in [3.05, 3.63) is 12.2 Å². The second-order valence-corrected chi connectivity index (χ2v) is 5.52. The number of carbonyl (C=O) groups is 3. The van der Waals surface area contributed by atoms with Crippen molar-refractivity contribution < 1.29 is 28.6 Å². The Bertz CT molecular complexity index is 438. The first-order valence-electron chi connectivity index (χ1n) is 7.39. The van der Waals surface area contributed by atoms with Gasteiger partial charge in [0, 0.05) is 12.0 Å². The predicted molar refractivity (Wildman–Crippen MR) is 83.5 cm³/mol. The molecular formula is C15H26N2O6. The van der Waals surface area contributed by atoms with Crippen LogP contribution in [0.2, 0.25) is 0 Å². The van der Waals surface area contributed by atoms with Gasteiger partial charge in [-0.3, -0.25) is 0 Å². The van der Waals surface area contributed by atoms with Crippen molar-refractivity contribution in [2.24, 2.45) is 11.5 Å². The molecule has 8 nitrogen and oxygen atoms in total. The van der Waals surface area contributed by atoms with Gasteiger partial charge in [-0.15, -0.1) is 0 Å². The number of unbranched alkanes of at least 4 members (excludes halogenated alkanes) is 2. The molecule has 2 amide bonds. The van der Waals surface area contributed by atoms with E-state index in [9.17, 15) is 14.4 Å². The van der Waals surface area contributed by atoms with Crippen molar-refractivity contribution in [1.82, 2.24) is 0 Å². The summed E-state index contributed by atoms with van der Waals surface area (Å²) >= 11 is 0.